The molecule has 30 heavy (non-hydrogen) atoms. The third-order valence-electron chi connectivity index (χ3n) is 5.62. The first-order valence-corrected chi connectivity index (χ1v) is 10.3. The molecule has 0 spiro atoms. The van der Waals surface area contributed by atoms with Crippen molar-refractivity contribution in [1.82, 2.24) is 15.6 Å². The van der Waals surface area contributed by atoms with Gasteiger partial charge in [-0.25, -0.2) is 4.98 Å². The minimum Gasteiger partial charge on any atom is -0.459 e. The number of anilines is 1. The van der Waals surface area contributed by atoms with E-state index >= 15 is 0 Å². The number of aliphatic imine (C=N–C) groups is 1. The smallest absolute Gasteiger partial charge is 0.191 e. The molecule has 0 atom stereocenters. The van der Waals surface area contributed by atoms with Crippen LogP contribution in [-0.4, -0.2) is 37.1 Å². The number of benzene rings is 1. The van der Waals surface area contributed by atoms with Gasteiger partial charge in [0.25, 0.3) is 0 Å². The molecule has 0 radical (unpaired) electrons. The van der Waals surface area contributed by atoms with Gasteiger partial charge in [-0.1, -0.05) is 24.3 Å². The zero-order chi connectivity index (χ0) is 20.2. The van der Waals surface area contributed by atoms with Crippen LogP contribution in [0.4, 0.5) is 5.82 Å². The number of aromatic nitrogens is 1. The van der Waals surface area contributed by atoms with Crippen LogP contribution in [0.25, 0.3) is 11.0 Å². The number of nitrogens with one attached hydrogen (secondary N) is 2. The van der Waals surface area contributed by atoms with Gasteiger partial charge in [-0.15, -0.1) is 24.0 Å². The summed E-state index contributed by atoms with van der Waals surface area (Å²) in [5.41, 5.74) is 3.18. The summed E-state index contributed by atoms with van der Waals surface area (Å²) in [5.74, 6) is 2.85. The lowest BCUT2D eigenvalue weighted by atomic mass is 10.1. The second kappa shape index (κ2) is 10.1. The van der Waals surface area contributed by atoms with E-state index in [0.29, 0.717) is 12.6 Å². The molecule has 160 valence electrons. The number of piperidine rings is 1. The third kappa shape index (κ3) is 5.06. The Morgan fingerprint density at radius 1 is 1.13 bits per heavy atom. The molecule has 0 saturated carbocycles. The van der Waals surface area contributed by atoms with Crippen LogP contribution in [0, 0.1) is 13.8 Å². The highest BCUT2D eigenvalue weighted by molar-refractivity contribution is 14.0. The number of para-hydroxylation sites is 1. The molecule has 0 bridgehead atoms. The summed E-state index contributed by atoms with van der Waals surface area (Å²) in [6.07, 6.45) is 2.11. The van der Waals surface area contributed by atoms with E-state index in [1.807, 2.05) is 38.2 Å². The molecule has 1 aliphatic rings. The molecule has 4 rings (SSSR count). The fraction of sp³-hybridized carbons (Fsp3) is 0.391. The summed E-state index contributed by atoms with van der Waals surface area (Å²) in [6, 6.07) is 14.8. The predicted octanol–water partition coefficient (Wildman–Crippen LogP) is 4.40. The van der Waals surface area contributed by atoms with Crippen molar-refractivity contribution in [3.05, 3.63) is 59.5 Å². The predicted molar refractivity (Wildman–Crippen MR) is 134 cm³/mol. The molecule has 7 heteroatoms. The van der Waals surface area contributed by atoms with Gasteiger partial charge in [-0.2, -0.15) is 0 Å². The maximum absolute atomic E-state index is 6.00. The van der Waals surface area contributed by atoms with Gasteiger partial charge in [0.1, 0.15) is 17.2 Å². The Labute approximate surface area is 195 Å². The highest BCUT2D eigenvalue weighted by Crippen LogP contribution is 2.24. The molecule has 1 aromatic carbocycles. The van der Waals surface area contributed by atoms with Crippen LogP contribution in [0.2, 0.25) is 0 Å². The van der Waals surface area contributed by atoms with Gasteiger partial charge in [-0.3, -0.25) is 4.99 Å². The number of guanidine groups is 1. The van der Waals surface area contributed by atoms with Gasteiger partial charge < -0.3 is 20.0 Å². The quantitative estimate of drug-likeness (QED) is 0.304. The van der Waals surface area contributed by atoms with Crippen molar-refractivity contribution in [2.24, 2.45) is 4.99 Å². The van der Waals surface area contributed by atoms with Crippen molar-refractivity contribution in [1.29, 1.82) is 0 Å². The van der Waals surface area contributed by atoms with E-state index in [0.717, 1.165) is 54.7 Å². The minimum atomic E-state index is 0. The molecule has 0 aliphatic carbocycles. The highest BCUT2D eigenvalue weighted by Gasteiger charge is 2.21. The second-order valence-corrected chi connectivity index (χ2v) is 7.61. The Bertz CT molecular complexity index is 1010. The van der Waals surface area contributed by atoms with E-state index in [9.17, 15) is 0 Å². The lowest BCUT2D eigenvalue weighted by Gasteiger charge is -2.34. The molecule has 0 amide bonds. The molecule has 1 aliphatic heterocycles. The first-order valence-electron chi connectivity index (χ1n) is 10.3. The number of nitrogens with zero attached hydrogens (tertiary/aromatic N) is 3. The number of hydrogen-bond acceptors (Lipinski definition) is 4. The molecule has 6 nitrogen and oxygen atoms in total. The Morgan fingerprint density at radius 3 is 2.60 bits per heavy atom. The van der Waals surface area contributed by atoms with Crippen molar-refractivity contribution >= 4 is 46.7 Å². The van der Waals surface area contributed by atoms with Gasteiger partial charge in [0.05, 0.1) is 6.54 Å². The molecular formula is C23H30IN5O. The fourth-order valence-corrected chi connectivity index (χ4v) is 3.90. The maximum Gasteiger partial charge on any atom is 0.191 e. The van der Waals surface area contributed by atoms with E-state index in [1.165, 1.54) is 10.9 Å². The van der Waals surface area contributed by atoms with Crippen LogP contribution in [0.15, 0.2) is 51.9 Å². The summed E-state index contributed by atoms with van der Waals surface area (Å²) in [4.78, 5) is 11.4. The van der Waals surface area contributed by atoms with E-state index in [2.05, 4.69) is 50.6 Å². The summed E-state index contributed by atoms with van der Waals surface area (Å²) in [6.45, 7) is 6.75. The van der Waals surface area contributed by atoms with Crippen LogP contribution in [-0.2, 0) is 6.54 Å². The van der Waals surface area contributed by atoms with Gasteiger partial charge >= 0.3 is 0 Å². The SMILES string of the molecule is CN=C(NCc1oc2ccccc2c1C)NC1CCN(c2cccc(C)n2)CC1.I. The summed E-state index contributed by atoms with van der Waals surface area (Å²) >= 11 is 0. The molecule has 2 N–H and O–H groups in total. The van der Waals surface area contributed by atoms with Gasteiger partial charge in [0.2, 0.25) is 0 Å². The van der Waals surface area contributed by atoms with Crippen LogP contribution in [0.5, 0.6) is 0 Å². The molecular weight excluding hydrogens is 489 g/mol. The van der Waals surface area contributed by atoms with Crippen molar-refractivity contribution in [3.63, 3.8) is 0 Å². The average Bonchev–Trinajstić information content (AvgIpc) is 3.07. The molecule has 0 unspecified atom stereocenters. The van der Waals surface area contributed by atoms with Gasteiger partial charge in [-0.05, 0) is 44.9 Å². The van der Waals surface area contributed by atoms with E-state index in [1.54, 1.807) is 0 Å². The number of furan rings is 1. The van der Waals surface area contributed by atoms with Gasteiger partial charge in [0, 0.05) is 42.8 Å². The zero-order valence-electron chi connectivity index (χ0n) is 17.8. The van der Waals surface area contributed by atoms with Gasteiger partial charge in [0.15, 0.2) is 5.96 Å². The number of halogens is 1. The molecule has 1 fully saturated rings. The van der Waals surface area contributed by atoms with Crippen LogP contribution in [0.3, 0.4) is 0 Å². The lowest BCUT2D eigenvalue weighted by Crippen LogP contribution is -2.48. The van der Waals surface area contributed by atoms with Crippen molar-refractivity contribution in [2.45, 2.75) is 39.3 Å². The minimum absolute atomic E-state index is 0. The van der Waals surface area contributed by atoms with Crippen molar-refractivity contribution in [3.8, 4) is 0 Å². The van der Waals surface area contributed by atoms with Crippen LogP contribution in [0.1, 0.15) is 29.9 Å². The first-order chi connectivity index (χ1) is 14.1. The number of pyridine rings is 1. The Hall–Kier alpha value is -2.29. The maximum atomic E-state index is 6.00. The summed E-state index contributed by atoms with van der Waals surface area (Å²) in [5, 5.41) is 8.14. The van der Waals surface area contributed by atoms with E-state index in [4.69, 9.17) is 4.42 Å². The second-order valence-electron chi connectivity index (χ2n) is 7.61. The number of aryl methyl sites for hydroxylation is 2. The largest absolute Gasteiger partial charge is 0.459 e. The molecule has 3 heterocycles. The average molecular weight is 519 g/mol. The summed E-state index contributed by atoms with van der Waals surface area (Å²) in [7, 11) is 1.81. The van der Waals surface area contributed by atoms with Crippen LogP contribution < -0.4 is 15.5 Å². The first kappa shape index (κ1) is 22.4. The highest BCUT2D eigenvalue weighted by atomic mass is 127. The normalized spacial score (nSPS) is 15.2. The number of hydrogen-bond donors (Lipinski definition) is 2. The van der Waals surface area contributed by atoms with E-state index in [-0.39, 0.29) is 24.0 Å². The monoisotopic (exact) mass is 519 g/mol. The third-order valence-corrected chi connectivity index (χ3v) is 5.62. The molecule has 1 saturated heterocycles. The fourth-order valence-electron chi connectivity index (χ4n) is 3.90. The van der Waals surface area contributed by atoms with E-state index < -0.39 is 0 Å². The zero-order valence-corrected chi connectivity index (χ0v) is 20.1. The number of rotatable bonds is 4. The number of fused-ring (bicyclic) bond motifs is 1. The standard InChI is InChI=1S/C23H29N5O.HI/c1-16-7-6-10-22(26-16)28-13-11-18(12-14-28)27-23(24-3)25-15-21-17(2)19-8-4-5-9-20(19)29-21;/h4-10,18H,11-15H2,1-3H3,(H2,24,25,27);1H. The topological polar surface area (TPSA) is 65.7 Å². The molecule has 3 aromatic rings. The molecule has 2 aromatic heterocycles. The van der Waals surface area contributed by atoms with Crippen molar-refractivity contribution < 1.29 is 4.42 Å². The summed E-state index contributed by atoms with van der Waals surface area (Å²) < 4.78 is 6.00. The van der Waals surface area contributed by atoms with Crippen molar-refractivity contribution in [2.75, 3.05) is 25.0 Å². The Morgan fingerprint density at radius 2 is 1.90 bits per heavy atom. The Kier molecular flexibility index (Phi) is 7.58. The van der Waals surface area contributed by atoms with Crippen LogP contribution >= 0.6 is 24.0 Å². The Balaban J connectivity index is 0.00000256. The lowest BCUT2D eigenvalue weighted by molar-refractivity contribution is 0.457.